The van der Waals surface area contributed by atoms with Crippen LogP contribution in [0, 0.1) is 0 Å². The number of rotatable bonds is 6. The van der Waals surface area contributed by atoms with Crippen molar-refractivity contribution in [1.29, 1.82) is 0 Å². The summed E-state index contributed by atoms with van der Waals surface area (Å²) < 4.78 is 5.02. The molecule has 5 nitrogen and oxygen atoms in total. The number of nitrogens with two attached hydrogens (primary N) is 1. The topological polar surface area (TPSA) is 89.6 Å². The van der Waals surface area contributed by atoms with E-state index in [-0.39, 0.29) is 6.42 Å². The van der Waals surface area contributed by atoms with E-state index in [1.165, 1.54) is 0 Å². The van der Waals surface area contributed by atoms with Gasteiger partial charge in [0.15, 0.2) is 0 Å². The molecule has 0 saturated heterocycles. The zero-order chi connectivity index (χ0) is 13.7. The largest absolute Gasteiger partial charge is 0.479 e. The first kappa shape index (κ1) is 15.6. The lowest BCUT2D eigenvalue weighted by Crippen LogP contribution is -2.57. The van der Waals surface area contributed by atoms with E-state index in [9.17, 15) is 9.59 Å². The van der Waals surface area contributed by atoms with Gasteiger partial charge in [-0.2, -0.15) is 0 Å². The minimum Gasteiger partial charge on any atom is -0.479 e. The zero-order valence-corrected chi connectivity index (χ0v) is 10.7. The Morgan fingerprint density at radius 1 is 1.41 bits per heavy atom. The molecule has 0 unspecified atom stereocenters. The molecule has 0 rings (SSSR count). The van der Waals surface area contributed by atoms with Crippen molar-refractivity contribution in [3.63, 3.8) is 0 Å². The van der Waals surface area contributed by atoms with Crippen LogP contribution in [0.1, 0.15) is 40.0 Å². The van der Waals surface area contributed by atoms with Crippen LogP contribution >= 0.6 is 0 Å². The van der Waals surface area contributed by atoms with Crippen LogP contribution in [-0.4, -0.2) is 28.2 Å². The van der Waals surface area contributed by atoms with E-state index < -0.39 is 23.1 Å². The van der Waals surface area contributed by atoms with Crippen LogP contribution in [0.25, 0.3) is 0 Å². The summed E-state index contributed by atoms with van der Waals surface area (Å²) in [4.78, 5) is 22.9. The molecule has 0 radical (unpaired) electrons. The molecule has 3 N–H and O–H groups in total. The lowest BCUT2D eigenvalue weighted by Gasteiger charge is -2.28. The highest BCUT2D eigenvalue weighted by atomic mass is 16.6. The van der Waals surface area contributed by atoms with Gasteiger partial charge in [0.25, 0.3) is 0 Å². The van der Waals surface area contributed by atoms with Crippen LogP contribution in [0.2, 0.25) is 0 Å². The first-order valence-corrected chi connectivity index (χ1v) is 5.50. The summed E-state index contributed by atoms with van der Waals surface area (Å²) in [5.41, 5.74) is 2.89. The van der Waals surface area contributed by atoms with Gasteiger partial charge in [-0.15, -0.1) is 6.58 Å². The average Bonchev–Trinajstić information content (AvgIpc) is 2.14. The second-order valence-electron chi connectivity index (χ2n) is 4.96. The molecular formula is C12H21NO4. The van der Waals surface area contributed by atoms with Gasteiger partial charge >= 0.3 is 11.9 Å². The van der Waals surface area contributed by atoms with Gasteiger partial charge in [0.2, 0.25) is 5.54 Å². The van der Waals surface area contributed by atoms with E-state index in [4.69, 9.17) is 15.6 Å². The molecule has 0 fully saturated rings. The predicted octanol–water partition coefficient (Wildman–Crippen LogP) is 1.47. The fourth-order valence-electron chi connectivity index (χ4n) is 1.19. The molecule has 0 saturated carbocycles. The summed E-state index contributed by atoms with van der Waals surface area (Å²) in [6.07, 6.45) is 2.77. The van der Waals surface area contributed by atoms with Gasteiger partial charge in [0, 0.05) is 0 Å². The molecule has 5 heteroatoms. The van der Waals surface area contributed by atoms with Crippen molar-refractivity contribution in [2.24, 2.45) is 5.73 Å². The van der Waals surface area contributed by atoms with Crippen molar-refractivity contribution < 1.29 is 19.4 Å². The number of ether oxygens (including phenoxy) is 1. The molecule has 0 spiro atoms. The lowest BCUT2D eigenvalue weighted by atomic mass is 9.93. The molecule has 0 aliphatic carbocycles. The molecule has 0 bridgehead atoms. The van der Waals surface area contributed by atoms with Crippen LogP contribution < -0.4 is 5.73 Å². The van der Waals surface area contributed by atoms with Gasteiger partial charge in [0.05, 0.1) is 0 Å². The molecule has 0 aliphatic heterocycles. The van der Waals surface area contributed by atoms with Crippen LogP contribution in [0.3, 0.4) is 0 Å². The third-order valence-electron chi connectivity index (χ3n) is 2.12. The van der Waals surface area contributed by atoms with Crippen LogP contribution in [0.4, 0.5) is 0 Å². The molecule has 0 heterocycles. The predicted molar refractivity (Wildman–Crippen MR) is 64.4 cm³/mol. The maximum atomic E-state index is 11.8. The van der Waals surface area contributed by atoms with Gasteiger partial charge in [-0.25, -0.2) is 9.59 Å². The Kier molecular flexibility index (Phi) is 5.35. The first-order valence-electron chi connectivity index (χ1n) is 5.50. The summed E-state index contributed by atoms with van der Waals surface area (Å²) in [5.74, 6) is -2.27. The molecule has 17 heavy (non-hydrogen) atoms. The minimum atomic E-state index is -1.98. The van der Waals surface area contributed by atoms with Gasteiger partial charge in [0.1, 0.15) is 5.60 Å². The number of hydrogen-bond donors (Lipinski definition) is 2. The second-order valence-corrected chi connectivity index (χ2v) is 4.96. The van der Waals surface area contributed by atoms with Gasteiger partial charge in [-0.05, 0) is 40.0 Å². The van der Waals surface area contributed by atoms with Crippen molar-refractivity contribution in [2.75, 3.05) is 0 Å². The SMILES string of the molecule is C=CCCC[C@](N)(C(=O)O)C(=O)OC(C)(C)C. The Balaban J connectivity index is 4.76. The number of carbonyl (C=O) groups excluding carboxylic acids is 1. The number of carboxylic acid groups (broad SMARTS) is 1. The number of carbonyl (C=O) groups is 2. The monoisotopic (exact) mass is 243 g/mol. The smallest absolute Gasteiger partial charge is 0.338 e. The Labute approximate surface area is 102 Å². The van der Waals surface area contributed by atoms with Crippen LogP contribution in [0.15, 0.2) is 12.7 Å². The highest BCUT2D eigenvalue weighted by Gasteiger charge is 2.44. The number of unbranched alkanes of at least 4 members (excludes halogenated alkanes) is 1. The molecule has 1 atom stereocenters. The summed E-state index contributed by atoms with van der Waals surface area (Å²) >= 11 is 0. The minimum absolute atomic E-state index is 0.0310. The highest BCUT2D eigenvalue weighted by Crippen LogP contribution is 2.18. The summed E-state index contributed by atoms with van der Waals surface area (Å²) in [6.45, 7) is 8.52. The number of aliphatic carboxylic acids is 1. The number of hydrogen-bond acceptors (Lipinski definition) is 4. The van der Waals surface area contributed by atoms with E-state index in [0.29, 0.717) is 12.8 Å². The first-order chi connectivity index (χ1) is 7.63. The van der Waals surface area contributed by atoms with Crippen molar-refractivity contribution in [3.8, 4) is 0 Å². The number of esters is 1. The quantitative estimate of drug-likeness (QED) is 0.319. The molecular weight excluding hydrogens is 222 g/mol. The van der Waals surface area contributed by atoms with Crippen molar-refractivity contribution in [2.45, 2.75) is 51.2 Å². The second kappa shape index (κ2) is 5.82. The Bertz CT molecular complexity index is 306. The molecule has 98 valence electrons. The normalized spacial score (nSPS) is 14.8. The van der Waals surface area contributed by atoms with Crippen molar-refractivity contribution in [3.05, 3.63) is 12.7 Å². The Morgan fingerprint density at radius 2 is 1.94 bits per heavy atom. The summed E-state index contributed by atoms with van der Waals surface area (Å²) in [7, 11) is 0. The third kappa shape index (κ3) is 4.99. The van der Waals surface area contributed by atoms with Crippen molar-refractivity contribution in [1.82, 2.24) is 0 Å². The standard InChI is InChI=1S/C12H21NO4/c1-5-6-7-8-12(13,9(14)15)10(16)17-11(2,3)4/h5H,1,6-8,13H2,2-4H3,(H,14,15)/t12-/m0/s1. The van der Waals surface area contributed by atoms with Crippen LogP contribution in [-0.2, 0) is 14.3 Å². The maximum Gasteiger partial charge on any atom is 0.338 e. The Hall–Kier alpha value is -1.36. The van der Waals surface area contributed by atoms with E-state index in [0.717, 1.165) is 0 Å². The van der Waals surface area contributed by atoms with E-state index in [2.05, 4.69) is 6.58 Å². The van der Waals surface area contributed by atoms with Crippen LogP contribution in [0.5, 0.6) is 0 Å². The molecule has 0 aromatic heterocycles. The summed E-state index contributed by atoms with van der Waals surface area (Å²) in [5, 5.41) is 9.05. The summed E-state index contributed by atoms with van der Waals surface area (Å²) in [6, 6.07) is 0. The van der Waals surface area contributed by atoms with Crippen molar-refractivity contribution >= 4 is 11.9 Å². The third-order valence-corrected chi connectivity index (χ3v) is 2.12. The maximum absolute atomic E-state index is 11.8. The number of carboxylic acids is 1. The zero-order valence-electron chi connectivity index (χ0n) is 10.7. The van der Waals surface area contributed by atoms with Gasteiger partial charge < -0.3 is 15.6 Å². The molecule has 0 amide bonds. The fraction of sp³-hybridized carbons (Fsp3) is 0.667. The molecule has 0 aromatic carbocycles. The highest BCUT2D eigenvalue weighted by molar-refractivity contribution is 6.03. The Morgan fingerprint density at radius 3 is 2.29 bits per heavy atom. The van der Waals surface area contributed by atoms with E-state index in [1.807, 2.05) is 0 Å². The molecule has 0 aliphatic rings. The van der Waals surface area contributed by atoms with E-state index >= 15 is 0 Å². The molecule has 0 aromatic rings. The average molecular weight is 243 g/mol. The fourth-order valence-corrected chi connectivity index (χ4v) is 1.19. The number of allylic oxidation sites excluding steroid dienone is 1. The lowest BCUT2D eigenvalue weighted by molar-refractivity contribution is -0.169. The van der Waals surface area contributed by atoms with E-state index in [1.54, 1.807) is 26.8 Å². The van der Waals surface area contributed by atoms with Gasteiger partial charge in [-0.1, -0.05) is 6.08 Å². The van der Waals surface area contributed by atoms with Gasteiger partial charge in [-0.3, -0.25) is 0 Å².